The molecule has 4 heteroatoms. The second-order valence-corrected chi connectivity index (χ2v) is 21.4. The van der Waals surface area contributed by atoms with E-state index in [2.05, 4.69) is 351 Å². The highest BCUT2D eigenvalue weighted by molar-refractivity contribution is 5.83. The second-order valence-electron chi connectivity index (χ2n) is 21.4. The summed E-state index contributed by atoms with van der Waals surface area (Å²) < 4.78 is 0. The SMILES string of the molecule is Cc1ccc(N(c2ccccc2)c2ccc(-c3ccc(N(c4ccccc4)c4ccc(CCc5ccc(N(c6ccc(C)cc6)c6ccc(-c7ccc(N(c8ccc(C)cc8)c8ccc(C)cc8)cc7)cc6)cc5)cc4)cc3)cc2)cc1. The van der Waals surface area contributed by atoms with E-state index in [1.165, 1.54) is 55.6 Å². The maximum Gasteiger partial charge on any atom is 0.0462 e. The molecule has 0 aliphatic carbocycles. The Kier molecular flexibility index (Phi) is 15.4. The third kappa shape index (κ3) is 11.9. The van der Waals surface area contributed by atoms with Crippen molar-refractivity contribution >= 4 is 68.2 Å². The molecule has 0 spiro atoms. The zero-order valence-electron chi connectivity index (χ0n) is 47.1. The minimum atomic E-state index is 0.937. The van der Waals surface area contributed by atoms with E-state index in [-0.39, 0.29) is 0 Å². The normalized spacial score (nSPS) is 11.0. The van der Waals surface area contributed by atoms with Crippen LogP contribution in [0.2, 0.25) is 0 Å². The molecule has 0 aromatic heterocycles. The van der Waals surface area contributed by atoms with E-state index in [1.807, 2.05) is 0 Å². The topological polar surface area (TPSA) is 13.0 Å². The zero-order chi connectivity index (χ0) is 55.8. The Hall–Kier alpha value is -10.2. The van der Waals surface area contributed by atoms with Crippen LogP contribution in [0, 0.1) is 27.7 Å². The lowest BCUT2D eigenvalue weighted by molar-refractivity contribution is 0.959. The third-order valence-electron chi connectivity index (χ3n) is 15.5. The number of rotatable bonds is 17. The largest absolute Gasteiger partial charge is 0.311 e. The molecule has 0 aliphatic rings. The first kappa shape index (κ1) is 52.5. The van der Waals surface area contributed by atoms with Crippen molar-refractivity contribution in [1.82, 2.24) is 0 Å². The first-order valence-electron chi connectivity index (χ1n) is 28.4. The van der Waals surface area contributed by atoms with E-state index >= 15 is 0 Å². The molecular weight excluding hydrogens is 993 g/mol. The number of nitrogens with zero attached hydrogens (tertiary/aromatic N) is 4. The van der Waals surface area contributed by atoms with Gasteiger partial charge >= 0.3 is 0 Å². The summed E-state index contributed by atoms with van der Waals surface area (Å²) in [6.07, 6.45) is 1.87. The van der Waals surface area contributed by atoms with Crippen LogP contribution in [0.3, 0.4) is 0 Å². The molecule has 0 aliphatic heterocycles. The molecule has 0 bridgehead atoms. The molecule has 12 aromatic rings. The van der Waals surface area contributed by atoms with E-state index in [4.69, 9.17) is 0 Å². The van der Waals surface area contributed by atoms with Gasteiger partial charge in [0.05, 0.1) is 0 Å². The van der Waals surface area contributed by atoms with Gasteiger partial charge in [0.25, 0.3) is 0 Å². The molecule has 0 saturated heterocycles. The van der Waals surface area contributed by atoms with Crippen LogP contribution < -0.4 is 19.6 Å². The van der Waals surface area contributed by atoms with Crippen molar-refractivity contribution in [1.29, 1.82) is 0 Å². The van der Waals surface area contributed by atoms with Crippen molar-refractivity contribution < 1.29 is 0 Å². The number of hydrogen-bond donors (Lipinski definition) is 0. The van der Waals surface area contributed by atoms with Crippen molar-refractivity contribution in [2.75, 3.05) is 19.6 Å². The summed E-state index contributed by atoms with van der Waals surface area (Å²) in [5, 5.41) is 0. The summed E-state index contributed by atoms with van der Waals surface area (Å²) in [5.74, 6) is 0. The van der Waals surface area contributed by atoms with Crippen molar-refractivity contribution in [2.45, 2.75) is 40.5 Å². The van der Waals surface area contributed by atoms with Gasteiger partial charge in [-0.05, 0) is 220 Å². The van der Waals surface area contributed by atoms with Crippen molar-refractivity contribution in [3.05, 3.63) is 337 Å². The van der Waals surface area contributed by atoms with Gasteiger partial charge in [0.2, 0.25) is 0 Å². The highest BCUT2D eigenvalue weighted by atomic mass is 15.2. The lowest BCUT2D eigenvalue weighted by Gasteiger charge is -2.26. The molecule has 12 rings (SSSR count). The van der Waals surface area contributed by atoms with Gasteiger partial charge in [-0.25, -0.2) is 0 Å². The monoisotopic (exact) mass is 1060 g/mol. The van der Waals surface area contributed by atoms with Crippen molar-refractivity contribution in [3.63, 3.8) is 0 Å². The smallest absolute Gasteiger partial charge is 0.0462 e. The van der Waals surface area contributed by atoms with Crippen LogP contribution in [0.25, 0.3) is 22.3 Å². The number of hydrogen-bond acceptors (Lipinski definition) is 4. The molecule has 0 atom stereocenters. The molecule has 0 N–H and O–H groups in total. The summed E-state index contributed by atoms with van der Waals surface area (Å²) in [4.78, 5) is 9.32. The fraction of sp³-hybridized carbons (Fsp3) is 0.0769. The van der Waals surface area contributed by atoms with Crippen LogP contribution in [0.1, 0.15) is 33.4 Å². The second kappa shape index (κ2) is 24.1. The van der Waals surface area contributed by atoms with Crippen LogP contribution >= 0.6 is 0 Å². The van der Waals surface area contributed by atoms with E-state index < -0.39 is 0 Å². The summed E-state index contributed by atoms with van der Waals surface area (Å²) >= 11 is 0. The molecule has 0 heterocycles. The number of anilines is 12. The number of para-hydroxylation sites is 2. The number of aryl methyl sites for hydroxylation is 6. The lowest BCUT2D eigenvalue weighted by Crippen LogP contribution is -2.10. The maximum atomic E-state index is 2.35. The van der Waals surface area contributed by atoms with Gasteiger partial charge < -0.3 is 19.6 Å². The van der Waals surface area contributed by atoms with E-state index in [1.54, 1.807) is 0 Å². The fourth-order valence-electron chi connectivity index (χ4n) is 10.8. The quantitative estimate of drug-likeness (QED) is 0.0901. The Bertz CT molecular complexity index is 3930. The van der Waals surface area contributed by atoms with Crippen molar-refractivity contribution in [2.24, 2.45) is 0 Å². The molecule has 82 heavy (non-hydrogen) atoms. The highest BCUT2D eigenvalue weighted by Gasteiger charge is 2.18. The molecule has 0 fully saturated rings. The van der Waals surface area contributed by atoms with Gasteiger partial charge in [-0.1, -0.05) is 180 Å². The summed E-state index contributed by atoms with van der Waals surface area (Å²) in [5.41, 5.74) is 25.7. The standard InChI is InChI=1S/C78H66N4/c1-57-15-37-69(38-16-57)79(67-11-7-5-8-12-67)75-49-29-63(30-50-75)64-31-51-76(52-32-64)80(68-13-9-6-10-14-68)73-45-25-61(26-46-73)23-24-62-27-47-74(48-28-62)82(72-43-21-60(4)22-44-72)78-55-35-66(36-56-78)65-33-53-77(54-34-65)81(70-39-17-58(2)18-40-70)71-41-19-59(3)20-42-71/h5-22,25-56H,23-24H2,1-4H3. The van der Waals surface area contributed by atoms with Gasteiger partial charge in [-0.2, -0.15) is 0 Å². The fourth-order valence-corrected chi connectivity index (χ4v) is 10.8. The van der Waals surface area contributed by atoms with Crippen LogP contribution in [-0.4, -0.2) is 0 Å². The average molecular weight is 1060 g/mol. The molecule has 0 unspecified atom stereocenters. The summed E-state index contributed by atoms with van der Waals surface area (Å²) in [6.45, 7) is 8.53. The zero-order valence-corrected chi connectivity index (χ0v) is 47.1. The van der Waals surface area contributed by atoms with E-state index in [9.17, 15) is 0 Å². The predicted octanol–water partition coefficient (Wildman–Crippen LogP) is 21.9. The average Bonchev–Trinajstić information content (AvgIpc) is 3.54. The highest BCUT2D eigenvalue weighted by Crippen LogP contribution is 2.41. The predicted molar refractivity (Wildman–Crippen MR) is 349 cm³/mol. The molecule has 4 nitrogen and oxygen atoms in total. The Labute approximate surface area is 484 Å². The van der Waals surface area contributed by atoms with Gasteiger partial charge in [0, 0.05) is 68.2 Å². The molecule has 398 valence electrons. The van der Waals surface area contributed by atoms with E-state index in [0.29, 0.717) is 0 Å². The summed E-state index contributed by atoms with van der Waals surface area (Å²) in [6, 6.07) is 110. The Morgan fingerprint density at radius 2 is 0.329 bits per heavy atom. The first-order valence-corrected chi connectivity index (χ1v) is 28.4. The Balaban J connectivity index is 0.729. The van der Waals surface area contributed by atoms with Gasteiger partial charge in [0.1, 0.15) is 0 Å². The Morgan fingerprint density at radius 1 is 0.171 bits per heavy atom. The maximum absolute atomic E-state index is 2.35. The van der Waals surface area contributed by atoms with Crippen molar-refractivity contribution in [3.8, 4) is 22.3 Å². The van der Waals surface area contributed by atoms with Gasteiger partial charge in [-0.3, -0.25) is 0 Å². The number of benzene rings is 12. The molecule has 0 amide bonds. The van der Waals surface area contributed by atoms with E-state index in [0.717, 1.165) is 81.1 Å². The lowest BCUT2D eigenvalue weighted by atomic mass is 10.0. The van der Waals surface area contributed by atoms with Crippen LogP contribution in [0.15, 0.2) is 303 Å². The molecule has 0 saturated carbocycles. The first-order chi connectivity index (χ1) is 40.3. The molecule has 12 aromatic carbocycles. The van der Waals surface area contributed by atoms with Crippen LogP contribution in [-0.2, 0) is 12.8 Å². The minimum absolute atomic E-state index is 0.937. The third-order valence-corrected chi connectivity index (χ3v) is 15.5. The van der Waals surface area contributed by atoms with Crippen LogP contribution in [0.4, 0.5) is 68.2 Å². The Morgan fingerprint density at radius 3 is 0.524 bits per heavy atom. The minimum Gasteiger partial charge on any atom is -0.311 e. The molecular formula is C78H66N4. The van der Waals surface area contributed by atoms with Gasteiger partial charge in [-0.15, -0.1) is 0 Å². The molecule has 0 radical (unpaired) electrons. The van der Waals surface area contributed by atoms with Crippen LogP contribution in [0.5, 0.6) is 0 Å². The van der Waals surface area contributed by atoms with Gasteiger partial charge in [0.15, 0.2) is 0 Å². The summed E-state index contributed by atoms with van der Waals surface area (Å²) in [7, 11) is 0.